The molecule has 0 aliphatic rings. The highest BCUT2D eigenvalue weighted by Gasteiger charge is 2.38. The van der Waals surface area contributed by atoms with Crippen LogP contribution in [0.1, 0.15) is 60.3 Å². The SMILES string of the molecule is CCC(C)(C)CC(CC)(CC)[n+]1ccn(-c2ccc(OC)cc2)c1. The molecule has 0 saturated carbocycles. The summed E-state index contributed by atoms with van der Waals surface area (Å²) in [4.78, 5) is 0. The highest BCUT2D eigenvalue weighted by molar-refractivity contribution is 5.36. The van der Waals surface area contributed by atoms with Crippen molar-refractivity contribution < 1.29 is 9.30 Å². The normalized spacial score (nSPS) is 12.4. The molecule has 132 valence electrons. The molecule has 0 aliphatic carbocycles. The van der Waals surface area contributed by atoms with Gasteiger partial charge in [-0.1, -0.05) is 41.0 Å². The molecule has 3 heteroatoms. The van der Waals surface area contributed by atoms with Gasteiger partial charge in [-0.3, -0.25) is 0 Å². The summed E-state index contributed by atoms with van der Waals surface area (Å²) >= 11 is 0. The number of methoxy groups -OCH3 is 1. The Bertz CT molecular complexity index is 636. The average molecular weight is 330 g/mol. The molecule has 24 heavy (non-hydrogen) atoms. The van der Waals surface area contributed by atoms with Crippen LogP contribution in [0.5, 0.6) is 5.75 Å². The topological polar surface area (TPSA) is 18.0 Å². The van der Waals surface area contributed by atoms with Crippen molar-refractivity contribution in [2.75, 3.05) is 7.11 Å². The Labute approximate surface area is 147 Å². The Kier molecular flexibility index (Phi) is 5.74. The maximum Gasteiger partial charge on any atom is 0.249 e. The second kappa shape index (κ2) is 7.42. The van der Waals surface area contributed by atoms with Gasteiger partial charge in [-0.25, -0.2) is 9.13 Å². The van der Waals surface area contributed by atoms with Gasteiger partial charge in [0, 0.05) is 0 Å². The Balaban J connectivity index is 2.34. The molecule has 0 aliphatic heterocycles. The number of hydrogen-bond acceptors (Lipinski definition) is 1. The Morgan fingerprint density at radius 3 is 2.12 bits per heavy atom. The van der Waals surface area contributed by atoms with Crippen LogP contribution in [0.25, 0.3) is 5.69 Å². The minimum absolute atomic E-state index is 0.178. The van der Waals surface area contributed by atoms with Crippen LogP contribution in [0.2, 0.25) is 0 Å². The molecule has 1 aromatic heterocycles. The number of hydrogen-bond donors (Lipinski definition) is 0. The van der Waals surface area contributed by atoms with Gasteiger partial charge in [-0.15, -0.1) is 0 Å². The van der Waals surface area contributed by atoms with Crippen molar-refractivity contribution >= 4 is 0 Å². The average Bonchev–Trinajstić information content (AvgIpc) is 3.10. The predicted octanol–water partition coefficient (Wildman–Crippen LogP) is 5.12. The predicted molar refractivity (Wildman–Crippen MR) is 99.8 cm³/mol. The molecule has 2 rings (SSSR count). The van der Waals surface area contributed by atoms with Gasteiger partial charge in [0.05, 0.1) is 7.11 Å². The monoisotopic (exact) mass is 329 g/mol. The van der Waals surface area contributed by atoms with E-state index in [9.17, 15) is 0 Å². The fourth-order valence-electron chi connectivity index (χ4n) is 3.51. The lowest BCUT2D eigenvalue weighted by Crippen LogP contribution is -2.56. The number of benzene rings is 1. The summed E-state index contributed by atoms with van der Waals surface area (Å²) in [6.45, 7) is 11.7. The molecule has 0 N–H and O–H groups in total. The van der Waals surface area contributed by atoms with E-state index in [-0.39, 0.29) is 5.54 Å². The number of aromatic nitrogens is 2. The molecule has 0 bridgehead atoms. The fourth-order valence-corrected chi connectivity index (χ4v) is 3.51. The van der Waals surface area contributed by atoms with Gasteiger partial charge in [0.15, 0.2) is 0 Å². The first-order valence-electron chi connectivity index (χ1n) is 9.14. The van der Waals surface area contributed by atoms with Crippen LogP contribution in [0.4, 0.5) is 0 Å². The number of nitrogens with zero attached hydrogens (tertiary/aromatic N) is 2. The highest BCUT2D eigenvalue weighted by Crippen LogP contribution is 2.36. The summed E-state index contributed by atoms with van der Waals surface area (Å²) in [6, 6.07) is 8.21. The number of imidazole rings is 1. The summed E-state index contributed by atoms with van der Waals surface area (Å²) in [5, 5.41) is 0. The number of rotatable bonds is 8. The van der Waals surface area contributed by atoms with E-state index in [1.54, 1.807) is 7.11 Å². The number of ether oxygens (including phenoxy) is 1. The van der Waals surface area contributed by atoms with Crippen LogP contribution >= 0.6 is 0 Å². The first kappa shape index (κ1) is 18.6. The maximum atomic E-state index is 5.25. The summed E-state index contributed by atoms with van der Waals surface area (Å²) in [5.74, 6) is 0.889. The second-order valence-corrected chi connectivity index (χ2v) is 7.55. The van der Waals surface area contributed by atoms with Crippen LogP contribution < -0.4 is 9.30 Å². The second-order valence-electron chi connectivity index (χ2n) is 7.55. The molecule has 0 amide bonds. The fraction of sp³-hybridized carbons (Fsp3) is 0.571. The van der Waals surface area contributed by atoms with Gasteiger partial charge >= 0.3 is 0 Å². The van der Waals surface area contributed by atoms with Crippen molar-refractivity contribution in [1.82, 2.24) is 4.57 Å². The van der Waals surface area contributed by atoms with Crippen molar-refractivity contribution in [2.45, 2.75) is 65.8 Å². The van der Waals surface area contributed by atoms with Gasteiger partial charge in [-0.05, 0) is 48.9 Å². The molecular weight excluding hydrogens is 296 g/mol. The molecule has 0 unspecified atom stereocenters. The Morgan fingerprint density at radius 2 is 1.62 bits per heavy atom. The third kappa shape index (κ3) is 3.82. The van der Waals surface area contributed by atoms with E-state index in [4.69, 9.17) is 4.74 Å². The summed E-state index contributed by atoms with van der Waals surface area (Å²) in [6.07, 6.45) is 11.3. The van der Waals surface area contributed by atoms with E-state index in [1.807, 2.05) is 12.1 Å². The first-order valence-corrected chi connectivity index (χ1v) is 9.14. The van der Waals surface area contributed by atoms with Crippen molar-refractivity contribution in [3.05, 3.63) is 43.0 Å². The Morgan fingerprint density at radius 1 is 1.00 bits per heavy atom. The van der Waals surface area contributed by atoms with Crippen molar-refractivity contribution in [1.29, 1.82) is 0 Å². The van der Waals surface area contributed by atoms with E-state index >= 15 is 0 Å². The van der Waals surface area contributed by atoms with Crippen molar-refractivity contribution in [2.24, 2.45) is 5.41 Å². The minimum Gasteiger partial charge on any atom is -0.497 e. The van der Waals surface area contributed by atoms with Crippen LogP contribution in [0.3, 0.4) is 0 Å². The molecule has 1 aromatic carbocycles. The molecule has 0 atom stereocenters. The van der Waals surface area contributed by atoms with Crippen LogP contribution in [0.15, 0.2) is 43.0 Å². The van der Waals surface area contributed by atoms with Crippen molar-refractivity contribution in [3.63, 3.8) is 0 Å². The van der Waals surface area contributed by atoms with Crippen LogP contribution in [-0.2, 0) is 5.54 Å². The maximum absolute atomic E-state index is 5.25. The minimum atomic E-state index is 0.178. The lowest BCUT2D eigenvalue weighted by atomic mass is 9.74. The Hall–Kier alpha value is -1.77. The molecule has 0 saturated heterocycles. The van der Waals surface area contributed by atoms with Gasteiger partial charge in [0.1, 0.15) is 29.4 Å². The zero-order valence-electron chi connectivity index (χ0n) is 16.2. The van der Waals surface area contributed by atoms with Gasteiger partial charge in [-0.2, -0.15) is 0 Å². The molecule has 3 nitrogen and oxygen atoms in total. The van der Waals surface area contributed by atoms with Crippen LogP contribution in [-0.4, -0.2) is 11.7 Å². The van der Waals surface area contributed by atoms with Crippen LogP contribution in [0, 0.1) is 5.41 Å². The molecule has 0 spiro atoms. The molecule has 0 fully saturated rings. The van der Waals surface area contributed by atoms with E-state index in [1.165, 1.54) is 12.8 Å². The van der Waals surface area contributed by atoms with E-state index in [0.29, 0.717) is 5.41 Å². The summed E-state index contributed by atoms with van der Waals surface area (Å²) in [7, 11) is 1.70. The molecule has 1 heterocycles. The molecule has 0 radical (unpaired) electrons. The van der Waals surface area contributed by atoms with Gasteiger partial charge in [0.25, 0.3) is 0 Å². The zero-order valence-corrected chi connectivity index (χ0v) is 16.2. The third-order valence-corrected chi connectivity index (χ3v) is 5.64. The van der Waals surface area contributed by atoms with Gasteiger partial charge in [0.2, 0.25) is 6.33 Å². The van der Waals surface area contributed by atoms with Crippen molar-refractivity contribution in [3.8, 4) is 11.4 Å². The first-order chi connectivity index (χ1) is 11.4. The third-order valence-electron chi connectivity index (χ3n) is 5.64. The van der Waals surface area contributed by atoms with E-state index in [2.05, 4.69) is 74.6 Å². The molecular formula is C21H33N2O+. The van der Waals surface area contributed by atoms with E-state index in [0.717, 1.165) is 24.3 Å². The standard InChI is InChI=1S/C21H33N2O/c1-7-20(4,5)16-21(8-2,9-3)23-15-14-22(17-23)18-10-12-19(24-6)13-11-18/h10-15,17H,7-9,16H2,1-6H3/q+1. The van der Waals surface area contributed by atoms with Gasteiger partial charge < -0.3 is 4.74 Å². The largest absolute Gasteiger partial charge is 0.497 e. The lowest BCUT2D eigenvalue weighted by Gasteiger charge is -2.36. The molecule has 2 aromatic rings. The highest BCUT2D eigenvalue weighted by atomic mass is 16.5. The summed E-state index contributed by atoms with van der Waals surface area (Å²) in [5.41, 5.74) is 1.68. The quantitative estimate of drug-likeness (QED) is 0.615. The smallest absolute Gasteiger partial charge is 0.249 e. The summed E-state index contributed by atoms with van der Waals surface area (Å²) < 4.78 is 9.87. The lowest BCUT2D eigenvalue weighted by molar-refractivity contribution is -0.768. The zero-order chi connectivity index (χ0) is 17.8. The van der Waals surface area contributed by atoms with E-state index < -0.39 is 0 Å².